The number of rotatable bonds is 4. The second-order valence-electron chi connectivity index (χ2n) is 7.15. The zero-order valence-electron chi connectivity index (χ0n) is 14.7. The molecule has 1 fully saturated rings. The van der Waals surface area contributed by atoms with Gasteiger partial charge in [-0.25, -0.2) is 0 Å². The summed E-state index contributed by atoms with van der Waals surface area (Å²) < 4.78 is 2.13. The zero-order chi connectivity index (χ0) is 17.2. The van der Waals surface area contributed by atoms with E-state index in [-0.39, 0.29) is 5.91 Å². The van der Waals surface area contributed by atoms with Crippen LogP contribution in [-0.4, -0.2) is 49.4 Å². The smallest absolute Gasteiger partial charge is 0.272 e. The van der Waals surface area contributed by atoms with E-state index in [9.17, 15) is 4.79 Å². The number of H-pyrrole nitrogens is 1. The van der Waals surface area contributed by atoms with Crippen LogP contribution in [0.25, 0.3) is 0 Å². The molecule has 0 atom stereocenters. The Morgan fingerprint density at radius 2 is 2.20 bits per heavy atom. The first-order valence-electron chi connectivity index (χ1n) is 9.13. The number of nitrogens with zero attached hydrogens (tertiary/aromatic N) is 5. The lowest BCUT2D eigenvalue weighted by molar-refractivity contribution is 0.0942. The zero-order valence-corrected chi connectivity index (χ0v) is 14.7. The predicted octanol–water partition coefficient (Wildman–Crippen LogP) is 1.42. The highest BCUT2D eigenvalue weighted by Gasteiger charge is 2.24. The molecule has 1 amide bonds. The van der Waals surface area contributed by atoms with Crippen LogP contribution in [-0.2, 0) is 19.5 Å². The summed E-state index contributed by atoms with van der Waals surface area (Å²) in [5, 5.41) is 18.5. The second-order valence-corrected chi connectivity index (χ2v) is 7.15. The van der Waals surface area contributed by atoms with Crippen LogP contribution in [0.3, 0.4) is 0 Å². The van der Waals surface area contributed by atoms with Gasteiger partial charge in [-0.1, -0.05) is 19.3 Å². The minimum atomic E-state index is -0.147. The van der Waals surface area contributed by atoms with E-state index in [2.05, 4.69) is 42.2 Å². The first-order valence-corrected chi connectivity index (χ1v) is 9.13. The monoisotopic (exact) mass is 343 g/mol. The fourth-order valence-corrected chi connectivity index (χ4v) is 3.92. The number of likely N-dealkylation sites (N-methyl/N-ethyl adjacent to an activating group) is 1. The number of fused-ring (bicyclic) bond motifs is 1. The molecule has 0 spiro atoms. The Balaban J connectivity index is 1.43. The van der Waals surface area contributed by atoms with E-state index in [1.807, 2.05) is 0 Å². The maximum Gasteiger partial charge on any atom is 0.272 e. The number of aromatic nitrogens is 5. The molecule has 0 saturated heterocycles. The number of nitrogens with one attached hydrogen (secondary N) is 2. The van der Waals surface area contributed by atoms with Crippen LogP contribution in [0.2, 0.25) is 0 Å². The van der Waals surface area contributed by atoms with Gasteiger partial charge < -0.3 is 14.8 Å². The van der Waals surface area contributed by atoms with Gasteiger partial charge in [0.05, 0.1) is 6.54 Å². The molecule has 2 aliphatic rings. The van der Waals surface area contributed by atoms with Gasteiger partial charge in [-0.2, -0.15) is 5.10 Å². The van der Waals surface area contributed by atoms with E-state index in [0.717, 1.165) is 49.4 Å². The number of carbonyl (C=O) groups excluding carboxylic acids is 1. The molecule has 8 heteroatoms. The Hall–Kier alpha value is -2.22. The quantitative estimate of drug-likeness (QED) is 0.876. The van der Waals surface area contributed by atoms with E-state index in [4.69, 9.17) is 0 Å². The van der Waals surface area contributed by atoms with Gasteiger partial charge in [0.15, 0.2) is 11.5 Å². The van der Waals surface area contributed by atoms with Gasteiger partial charge in [0, 0.05) is 36.8 Å². The van der Waals surface area contributed by atoms with E-state index < -0.39 is 0 Å². The summed E-state index contributed by atoms with van der Waals surface area (Å²) in [7, 11) is 2.06. The second kappa shape index (κ2) is 6.95. The lowest BCUT2D eigenvalue weighted by atomic mass is 9.95. The molecular weight excluding hydrogens is 318 g/mol. The molecule has 1 aliphatic carbocycles. The molecule has 0 aromatic carbocycles. The van der Waals surface area contributed by atoms with Crippen molar-refractivity contribution in [1.82, 2.24) is 35.2 Å². The molecule has 1 aliphatic heterocycles. The van der Waals surface area contributed by atoms with Crippen molar-refractivity contribution >= 4 is 5.91 Å². The van der Waals surface area contributed by atoms with Crippen LogP contribution in [0.4, 0.5) is 0 Å². The van der Waals surface area contributed by atoms with Gasteiger partial charge in [0.2, 0.25) is 0 Å². The molecule has 134 valence electrons. The number of hydrogen-bond acceptors (Lipinski definition) is 5. The van der Waals surface area contributed by atoms with Crippen LogP contribution in [0.5, 0.6) is 0 Å². The summed E-state index contributed by atoms with van der Waals surface area (Å²) in [5.74, 6) is 0.674. The van der Waals surface area contributed by atoms with Crippen molar-refractivity contribution in [2.24, 2.45) is 0 Å². The third-order valence-corrected chi connectivity index (χ3v) is 5.36. The number of amides is 1. The largest absolute Gasteiger partial charge is 0.343 e. The standard InChI is InChI=1S/C17H25N7O/c1-23-8-7-14-13(10-23)16(22-20-14)17(25)18-9-15-21-19-11-24(15)12-5-3-2-4-6-12/h11-12H,2-10H2,1H3,(H,18,25)(H,20,22). The van der Waals surface area contributed by atoms with Crippen LogP contribution in [0.15, 0.2) is 6.33 Å². The minimum absolute atomic E-state index is 0.147. The van der Waals surface area contributed by atoms with Crippen molar-refractivity contribution in [1.29, 1.82) is 0 Å². The Kier molecular flexibility index (Phi) is 4.52. The molecule has 25 heavy (non-hydrogen) atoms. The van der Waals surface area contributed by atoms with Crippen molar-refractivity contribution < 1.29 is 4.79 Å². The predicted molar refractivity (Wildman–Crippen MR) is 91.9 cm³/mol. The fraction of sp³-hybridized carbons (Fsp3) is 0.647. The molecule has 4 rings (SSSR count). The minimum Gasteiger partial charge on any atom is -0.343 e. The van der Waals surface area contributed by atoms with Crippen LogP contribution in [0, 0.1) is 0 Å². The number of carbonyl (C=O) groups is 1. The van der Waals surface area contributed by atoms with Crippen molar-refractivity contribution in [3.05, 3.63) is 29.1 Å². The van der Waals surface area contributed by atoms with Gasteiger partial charge in [0.1, 0.15) is 6.33 Å². The molecule has 0 unspecified atom stereocenters. The Labute approximate surface area is 147 Å². The third-order valence-electron chi connectivity index (χ3n) is 5.36. The lowest BCUT2D eigenvalue weighted by Crippen LogP contribution is -2.30. The van der Waals surface area contributed by atoms with Crippen LogP contribution in [0.1, 0.15) is 65.7 Å². The Bertz CT molecular complexity index is 744. The topological polar surface area (TPSA) is 91.7 Å². The van der Waals surface area contributed by atoms with Gasteiger partial charge in [-0.3, -0.25) is 9.89 Å². The van der Waals surface area contributed by atoms with Gasteiger partial charge in [-0.05, 0) is 19.9 Å². The Morgan fingerprint density at radius 1 is 1.36 bits per heavy atom. The summed E-state index contributed by atoms with van der Waals surface area (Å²) in [6, 6.07) is 0.461. The Morgan fingerprint density at radius 3 is 3.04 bits per heavy atom. The molecule has 3 heterocycles. The molecule has 1 saturated carbocycles. The SMILES string of the molecule is CN1CCc2[nH]nc(C(=O)NCc3nncn3C3CCCCC3)c2C1. The highest BCUT2D eigenvalue weighted by molar-refractivity contribution is 5.93. The van der Waals surface area contributed by atoms with Gasteiger partial charge in [-0.15, -0.1) is 10.2 Å². The molecule has 0 bridgehead atoms. The normalized spacial score (nSPS) is 18.9. The molecule has 0 radical (unpaired) electrons. The van der Waals surface area contributed by atoms with Gasteiger partial charge in [0.25, 0.3) is 5.91 Å². The molecule has 2 aromatic rings. The molecule has 8 nitrogen and oxygen atoms in total. The summed E-state index contributed by atoms with van der Waals surface area (Å²) in [4.78, 5) is 14.8. The molecular formula is C17H25N7O. The summed E-state index contributed by atoms with van der Waals surface area (Å²) >= 11 is 0. The third kappa shape index (κ3) is 3.30. The molecule has 2 N–H and O–H groups in total. The first kappa shape index (κ1) is 16.3. The van der Waals surface area contributed by atoms with Crippen molar-refractivity contribution in [3.8, 4) is 0 Å². The van der Waals surface area contributed by atoms with E-state index in [1.54, 1.807) is 6.33 Å². The number of hydrogen-bond donors (Lipinski definition) is 2. The van der Waals surface area contributed by atoms with E-state index in [1.165, 1.54) is 19.3 Å². The highest BCUT2D eigenvalue weighted by atomic mass is 16.1. The molecule has 2 aromatic heterocycles. The van der Waals surface area contributed by atoms with Crippen LogP contribution < -0.4 is 5.32 Å². The fourth-order valence-electron chi connectivity index (χ4n) is 3.92. The van der Waals surface area contributed by atoms with Crippen molar-refractivity contribution in [2.45, 2.75) is 57.7 Å². The van der Waals surface area contributed by atoms with Gasteiger partial charge >= 0.3 is 0 Å². The van der Waals surface area contributed by atoms with Crippen LogP contribution >= 0.6 is 0 Å². The summed E-state index contributed by atoms with van der Waals surface area (Å²) in [6.45, 7) is 2.13. The summed E-state index contributed by atoms with van der Waals surface area (Å²) in [5.41, 5.74) is 2.60. The lowest BCUT2D eigenvalue weighted by Gasteiger charge is -2.24. The highest BCUT2D eigenvalue weighted by Crippen LogP contribution is 2.28. The maximum atomic E-state index is 12.6. The average Bonchev–Trinajstić information content (AvgIpc) is 3.27. The van der Waals surface area contributed by atoms with E-state index >= 15 is 0 Å². The average molecular weight is 343 g/mol. The maximum absolute atomic E-state index is 12.6. The first-order chi connectivity index (χ1) is 12.2. The van der Waals surface area contributed by atoms with E-state index in [0.29, 0.717) is 18.3 Å². The van der Waals surface area contributed by atoms with Crippen molar-refractivity contribution in [2.75, 3.05) is 13.6 Å². The number of aromatic amines is 1. The van der Waals surface area contributed by atoms with Crippen molar-refractivity contribution in [3.63, 3.8) is 0 Å². The summed E-state index contributed by atoms with van der Waals surface area (Å²) in [6.07, 6.45) is 8.84.